The van der Waals surface area contributed by atoms with Crippen LogP contribution in [0.4, 0.5) is 0 Å². The van der Waals surface area contributed by atoms with Crippen LogP contribution in [0.15, 0.2) is 109 Å². The van der Waals surface area contributed by atoms with Crippen molar-refractivity contribution in [1.29, 1.82) is 0 Å². The van der Waals surface area contributed by atoms with Gasteiger partial charge in [0.2, 0.25) is 0 Å². The van der Waals surface area contributed by atoms with Crippen LogP contribution in [-0.4, -0.2) is 114 Å². The summed E-state index contributed by atoms with van der Waals surface area (Å²) in [5, 5.41) is 14.3. The number of aliphatic hydroxyl groups excluding tert-OH is 1. The van der Waals surface area contributed by atoms with E-state index in [0.29, 0.717) is 84.5 Å². The Hall–Kier alpha value is -4.40. The standard InChI is InChI=1S/C52H66B2N2O9/c1-39(2)50(58)61-30-29-60-27-24-56(32-41-16-8-14-22-49(41)54-64-37-52(5,6)38-65-54)34-47-44-19-11-9-17-42(44)46(43-18-10-12-20-45(43)47)33-55(23-26-59-28-25-57)31-40-15-7-13-21-48(40)53-62-35-51(3,4)36-63-53/h7-22,57H,1,23-38H2,2-6H3. The first-order valence-electron chi connectivity index (χ1n) is 23.0. The molecule has 5 aromatic rings. The van der Waals surface area contributed by atoms with Gasteiger partial charge in [0.1, 0.15) is 6.61 Å². The summed E-state index contributed by atoms with van der Waals surface area (Å²) in [4.78, 5) is 16.9. The molecule has 11 nitrogen and oxygen atoms in total. The summed E-state index contributed by atoms with van der Waals surface area (Å²) in [6.45, 7) is 21.9. The number of hydrogen-bond donors (Lipinski definition) is 1. The van der Waals surface area contributed by atoms with Crippen molar-refractivity contribution in [2.45, 2.75) is 60.8 Å². The van der Waals surface area contributed by atoms with Gasteiger partial charge in [0, 0.05) is 82.1 Å². The van der Waals surface area contributed by atoms with Crippen molar-refractivity contribution in [1.82, 2.24) is 9.80 Å². The minimum Gasteiger partial charge on any atom is -0.460 e. The van der Waals surface area contributed by atoms with Gasteiger partial charge in [-0.2, -0.15) is 0 Å². The van der Waals surface area contributed by atoms with Gasteiger partial charge in [-0.3, -0.25) is 9.80 Å². The monoisotopic (exact) mass is 884 g/mol. The molecule has 7 rings (SSSR count). The highest BCUT2D eigenvalue weighted by Gasteiger charge is 2.36. The first-order chi connectivity index (χ1) is 31.4. The van der Waals surface area contributed by atoms with Crippen LogP contribution in [0, 0.1) is 10.8 Å². The van der Waals surface area contributed by atoms with Gasteiger partial charge in [0.25, 0.3) is 0 Å². The van der Waals surface area contributed by atoms with Gasteiger partial charge >= 0.3 is 20.2 Å². The second-order valence-corrected chi connectivity index (χ2v) is 19.0. The van der Waals surface area contributed by atoms with Crippen LogP contribution < -0.4 is 10.9 Å². The third kappa shape index (κ3) is 13.2. The maximum Gasteiger partial charge on any atom is 0.494 e. The lowest BCUT2D eigenvalue weighted by Crippen LogP contribution is -2.49. The maximum atomic E-state index is 12.0. The molecule has 65 heavy (non-hydrogen) atoms. The van der Waals surface area contributed by atoms with Gasteiger partial charge in [0.15, 0.2) is 0 Å². The Morgan fingerprint density at radius 3 is 1.37 bits per heavy atom. The molecule has 2 aliphatic heterocycles. The SMILES string of the molecule is C=C(C)C(=O)OCCOCCN(Cc1ccccc1B1OCC(C)(C)CO1)Cc1c2ccccc2c(CN(CCOCCO)Cc2ccccc2B2OCC(C)(C)CO2)c2ccccc12. The number of esters is 1. The quantitative estimate of drug-likeness (QED) is 0.0265. The number of rotatable bonds is 22. The molecular weight excluding hydrogens is 818 g/mol. The maximum absolute atomic E-state index is 12.0. The van der Waals surface area contributed by atoms with Crippen molar-refractivity contribution < 1.29 is 42.7 Å². The molecule has 0 amide bonds. The van der Waals surface area contributed by atoms with Crippen molar-refractivity contribution in [2.24, 2.45) is 10.8 Å². The molecule has 2 saturated heterocycles. The fraction of sp³-hybridized carbons (Fsp3) is 0.442. The first-order valence-corrected chi connectivity index (χ1v) is 23.0. The number of carbonyl (C=O) groups is 1. The highest BCUT2D eigenvalue weighted by Crippen LogP contribution is 2.35. The Labute approximate surface area is 386 Å². The van der Waals surface area contributed by atoms with E-state index < -0.39 is 20.2 Å². The Bertz CT molecular complexity index is 2300. The van der Waals surface area contributed by atoms with Crippen LogP contribution in [-0.2, 0) is 63.8 Å². The molecule has 2 aliphatic rings. The molecule has 0 unspecified atom stereocenters. The summed E-state index contributed by atoms with van der Waals surface area (Å²) in [5.41, 5.74) is 7.10. The number of aliphatic hydroxyl groups is 1. The molecule has 2 heterocycles. The van der Waals surface area contributed by atoms with Gasteiger partial charge < -0.3 is 37.9 Å². The number of hydrogen-bond acceptors (Lipinski definition) is 11. The smallest absolute Gasteiger partial charge is 0.460 e. The molecule has 2 fully saturated rings. The van der Waals surface area contributed by atoms with Crippen LogP contribution in [0.5, 0.6) is 0 Å². The summed E-state index contributed by atoms with van der Waals surface area (Å²) in [6, 6.07) is 34.3. The van der Waals surface area contributed by atoms with E-state index in [2.05, 4.69) is 129 Å². The molecular formula is C52H66B2N2O9. The number of benzene rings is 5. The van der Waals surface area contributed by atoms with E-state index >= 15 is 0 Å². The average molecular weight is 885 g/mol. The molecule has 0 atom stereocenters. The largest absolute Gasteiger partial charge is 0.494 e. The molecule has 0 bridgehead atoms. The Morgan fingerprint density at radius 1 is 0.585 bits per heavy atom. The van der Waals surface area contributed by atoms with Gasteiger partial charge in [-0.25, -0.2) is 4.79 Å². The molecule has 0 saturated carbocycles. The second-order valence-electron chi connectivity index (χ2n) is 19.0. The van der Waals surface area contributed by atoms with E-state index in [9.17, 15) is 9.90 Å². The second kappa shape index (κ2) is 22.9. The highest BCUT2D eigenvalue weighted by atomic mass is 16.6. The number of carbonyl (C=O) groups excluding carboxylic acids is 1. The normalized spacial score (nSPS) is 16.2. The summed E-state index contributed by atoms with van der Waals surface area (Å²) in [7, 11) is -0.873. The van der Waals surface area contributed by atoms with Gasteiger partial charge in [-0.15, -0.1) is 0 Å². The van der Waals surface area contributed by atoms with E-state index in [1.54, 1.807) is 6.92 Å². The number of ether oxygens (including phenoxy) is 3. The molecule has 0 spiro atoms. The first kappa shape index (κ1) is 48.5. The predicted molar refractivity (Wildman–Crippen MR) is 259 cm³/mol. The topological polar surface area (TPSA) is 108 Å². The van der Waals surface area contributed by atoms with Gasteiger partial charge in [-0.05, 0) is 61.6 Å². The van der Waals surface area contributed by atoms with Gasteiger partial charge in [0.05, 0.1) is 33.0 Å². The number of fused-ring (bicyclic) bond motifs is 2. The summed E-state index contributed by atoms with van der Waals surface area (Å²) >= 11 is 0. The van der Waals surface area contributed by atoms with Crippen LogP contribution in [0.1, 0.15) is 56.9 Å². The molecule has 344 valence electrons. The van der Waals surface area contributed by atoms with E-state index in [4.69, 9.17) is 32.8 Å². The Morgan fingerprint density at radius 2 is 0.969 bits per heavy atom. The molecule has 0 aliphatic carbocycles. The number of nitrogens with zero attached hydrogens (tertiary/aromatic N) is 2. The van der Waals surface area contributed by atoms with E-state index in [-0.39, 0.29) is 37.3 Å². The minimum atomic E-state index is -0.444. The van der Waals surface area contributed by atoms with Gasteiger partial charge in [-0.1, -0.05) is 131 Å². The fourth-order valence-electron chi connectivity index (χ4n) is 8.54. The van der Waals surface area contributed by atoms with E-state index in [1.807, 2.05) is 12.1 Å². The van der Waals surface area contributed by atoms with E-state index in [1.165, 1.54) is 32.7 Å². The molecule has 5 aromatic carbocycles. The lowest BCUT2D eigenvalue weighted by atomic mass is 9.73. The third-order valence-electron chi connectivity index (χ3n) is 12.0. The highest BCUT2D eigenvalue weighted by molar-refractivity contribution is 6.62. The van der Waals surface area contributed by atoms with Crippen molar-refractivity contribution in [3.05, 3.63) is 131 Å². The predicted octanol–water partition coefficient (Wildman–Crippen LogP) is 6.68. The van der Waals surface area contributed by atoms with Crippen LogP contribution >= 0.6 is 0 Å². The lowest BCUT2D eigenvalue weighted by molar-refractivity contribution is -0.140. The zero-order chi connectivity index (χ0) is 45.8. The third-order valence-corrected chi connectivity index (χ3v) is 12.0. The van der Waals surface area contributed by atoms with Crippen molar-refractivity contribution in [3.63, 3.8) is 0 Å². The Balaban J connectivity index is 1.20. The fourth-order valence-corrected chi connectivity index (χ4v) is 8.54. The van der Waals surface area contributed by atoms with E-state index in [0.717, 1.165) is 22.1 Å². The van der Waals surface area contributed by atoms with Crippen LogP contribution in [0.25, 0.3) is 21.5 Å². The summed E-state index contributed by atoms with van der Waals surface area (Å²) in [5.74, 6) is -0.416. The van der Waals surface area contributed by atoms with Crippen molar-refractivity contribution in [2.75, 3.05) is 79.2 Å². The summed E-state index contributed by atoms with van der Waals surface area (Å²) in [6.07, 6.45) is 0. The Kier molecular flexibility index (Phi) is 17.1. The summed E-state index contributed by atoms with van der Waals surface area (Å²) < 4.78 is 42.5. The molecule has 13 heteroatoms. The van der Waals surface area contributed by atoms with Crippen molar-refractivity contribution in [3.8, 4) is 0 Å². The van der Waals surface area contributed by atoms with Crippen molar-refractivity contribution >= 4 is 52.7 Å². The molecule has 0 radical (unpaired) electrons. The lowest BCUT2D eigenvalue weighted by Gasteiger charge is -2.34. The zero-order valence-corrected chi connectivity index (χ0v) is 39.0. The van der Waals surface area contributed by atoms with Crippen LogP contribution in [0.3, 0.4) is 0 Å². The van der Waals surface area contributed by atoms with Crippen LogP contribution in [0.2, 0.25) is 0 Å². The zero-order valence-electron chi connectivity index (χ0n) is 39.0. The minimum absolute atomic E-state index is 0.0215. The molecule has 0 aromatic heterocycles. The average Bonchev–Trinajstić information content (AvgIpc) is 3.30. The molecule has 1 N–H and O–H groups in total.